The number of nitrogens with zero attached hydrogens (tertiary/aromatic N) is 2. The molecule has 0 unspecified atom stereocenters. The lowest BCUT2D eigenvalue weighted by molar-refractivity contribution is -0.141. The highest BCUT2D eigenvalue weighted by Gasteiger charge is 2.62. The summed E-state index contributed by atoms with van der Waals surface area (Å²) in [5.74, 6) is -1.33. The summed E-state index contributed by atoms with van der Waals surface area (Å²) in [5.41, 5.74) is -3.16. The Morgan fingerprint density at radius 3 is 2.45 bits per heavy atom. The molecule has 0 radical (unpaired) electrons. The molecule has 16 heteroatoms. The molecule has 2 saturated carbocycles. The molecule has 290 valence electrons. The number of hydrogen-bond acceptors (Lipinski definition) is 11. The highest BCUT2D eigenvalue weighted by molar-refractivity contribution is 7.85. The van der Waals surface area contributed by atoms with Gasteiger partial charge in [-0.25, -0.2) is 18.7 Å². The Balaban J connectivity index is 1.29. The van der Waals surface area contributed by atoms with Crippen molar-refractivity contribution in [2.45, 2.75) is 133 Å². The summed E-state index contributed by atoms with van der Waals surface area (Å²) in [5, 5.41) is 7.15. The van der Waals surface area contributed by atoms with Gasteiger partial charge in [0.05, 0.1) is 19.3 Å². The molecule has 5 atom stereocenters. The standard InChI is InChI=1S/C37H51N5O10S/c1-35(2,3)51-34(46)39-28-12-10-8-6-7-9-11-24-21-37(24,33(45)41-53(47,48)52-36(4)16-17-36)40-30(43)29-20-26(22-42(29)32(28)44)50-31-27-14-13-25(49-5)19-23(27)15-18-38-31/h13-15,18-19,24,26,28-29H,6-12,16-17,20-22H2,1-5H3,(H,39,46)(H,40,43)(H,41,45)/t24-,26+,28-,29-,37+/m0/s1. The fourth-order valence-corrected chi connectivity index (χ4v) is 8.43. The van der Waals surface area contributed by atoms with E-state index in [9.17, 15) is 27.6 Å². The number of fused-ring (bicyclic) bond motifs is 3. The number of nitrogens with one attached hydrogen (secondary N) is 3. The molecule has 2 aromatic rings. The van der Waals surface area contributed by atoms with Gasteiger partial charge < -0.3 is 29.7 Å². The number of carbonyl (C=O) groups excluding carboxylic acids is 4. The van der Waals surface area contributed by atoms with Crippen LogP contribution in [0.4, 0.5) is 4.79 Å². The van der Waals surface area contributed by atoms with Crippen LogP contribution in [0.5, 0.6) is 11.6 Å². The average Bonchev–Trinajstić information content (AvgIpc) is 3.93. The van der Waals surface area contributed by atoms with Gasteiger partial charge >= 0.3 is 16.4 Å². The van der Waals surface area contributed by atoms with Crippen molar-refractivity contribution in [2.24, 2.45) is 5.92 Å². The zero-order chi connectivity index (χ0) is 38.2. The lowest BCUT2D eigenvalue weighted by Crippen LogP contribution is -2.58. The van der Waals surface area contributed by atoms with Crippen molar-refractivity contribution in [3.8, 4) is 11.6 Å². The summed E-state index contributed by atoms with van der Waals surface area (Å²) < 4.78 is 50.3. The van der Waals surface area contributed by atoms with Crippen molar-refractivity contribution in [1.29, 1.82) is 0 Å². The summed E-state index contributed by atoms with van der Waals surface area (Å²) >= 11 is 0. The van der Waals surface area contributed by atoms with Crippen LogP contribution in [0.3, 0.4) is 0 Å². The van der Waals surface area contributed by atoms with E-state index in [0.29, 0.717) is 49.1 Å². The minimum absolute atomic E-state index is 0.0128. The second-order valence-corrected chi connectivity index (χ2v) is 17.3. The van der Waals surface area contributed by atoms with Crippen LogP contribution in [0.2, 0.25) is 0 Å². The van der Waals surface area contributed by atoms with Gasteiger partial charge in [0.15, 0.2) is 0 Å². The number of alkyl carbamates (subject to hydrolysis) is 1. The second-order valence-electron chi connectivity index (χ2n) is 16.0. The van der Waals surface area contributed by atoms with Gasteiger partial charge in [-0.2, -0.15) is 8.42 Å². The average molecular weight is 758 g/mol. The highest BCUT2D eigenvalue weighted by Crippen LogP contribution is 2.48. The third-order valence-electron chi connectivity index (χ3n) is 10.4. The SMILES string of the molecule is COc1ccc2c(O[C@@H]3C[C@H]4C(=O)N[C@]5(C(=O)NS(=O)(=O)OC6(C)CC6)C[C@@H]5CCCCCCC[C@H](NC(=O)OC(C)(C)C)C(=O)N4C3)nccc2c1. The predicted octanol–water partition coefficient (Wildman–Crippen LogP) is 4.03. The van der Waals surface area contributed by atoms with Gasteiger partial charge in [0.25, 0.3) is 5.91 Å². The lowest BCUT2D eigenvalue weighted by Gasteiger charge is -2.30. The first-order valence-electron chi connectivity index (χ1n) is 18.5. The van der Waals surface area contributed by atoms with Crippen LogP contribution in [0.1, 0.15) is 98.3 Å². The van der Waals surface area contributed by atoms with Gasteiger partial charge in [-0.05, 0) is 95.4 Å². The Hall–Kier alpha value is -4.18. The van der Waals surface area contributed by atoms with Gasteiger partial charge in [0.2, 0.25) is 17.7 Å². The van der Waals surface area contributed by atoms with Crippen molar-refractivity contribution >= 4 is 44.9 Å². The number of aromatic nitrogens is 1. The first-order chi connectivity index (χ1) is 25.0. The number of benzene rings is 1. The van der Waals surface area contributed by atoms with Crippen LogP contribution >= 0.6 is 0 Å². The maximum absolute atomic E-state index is 14.4. The molecule has 53 heavy (non-hydrogen) atoms. The van der Waals surface area contributed by atoms with Crippen LogP contribution in [-0.4, -0.2) is 90.7 Å². The van der Waals surface area contributed by atoms with Crippen LogP contribution < -0.4 is 24.8 Å². The fraction of sp³-hybridized carbons (Fsp3) is 0.649. The lowest BCUT2D eigenvalue weighted by atomic mass is 10.0. The predicted molar refractivity (Wildman–Crippen MR) is 193 cm³/mol. The topological polar surface area (TPSA) is 192 Å². The minimum atomic E-state index is -4.45. The molecule has 2 aliphatic carbocycles. The van der Waals surface area contributed by atoms with E-state index in [1.54, 1.807) is 47.1 Å². The third-order valence-corrected chi connectivity index (χ3v) is 11.5. The van der Waals surface area contributed by atoms with Crippen LogP contribution in [0.25, 0.3) is 10.8 Å². The second kappa shape index (κ2) is 14.9. The summed E-state index contributed by atoms with van der Waals surface area (Å²) in [6, 6.07) is 5.16. The number of amides is 4. The van der Waals surface area contributed by atoms with Gasteiger partial charge in [-0.15, -0.1) is 0 Å². The Morgan fingerprint density at radius 1 is 1.04 bits per heavy atom. The van der Waals surface area contributed by atoms with Gasteiger partial charge in [0, 0.05) is 18.0 Å². The van der Waals surface area contributed by atoms with Crippen LogP contribution in [0, 0.1) is 5.92 Å². The molecular weight excluding hydrogens is 706 g/mol. The summed E-state index contributed by atoms with van der Waals surface area (Å²) in [7, 11) is -2.87. The van der Waals surface area contributed by atoms with Crippen molar-refractivity contribution in [1.82, 2.24) is 25.2 Å². The van der Waals surface area contributed by atoms with E-state index in [4.69, 9.17) is 18.4 Å². The van der Waals surface area contributed by atoms with E-state index in [1.807, 2.05) is 18.2 Å². The van der Waals surface area contributed by atoms with Gasteiger partial charge in [-0.3, -0.25) is 14.4 Å². The molecule has 0 spiro atoms. The smallest absolute Gasteiger partial charge is 0.408 e. The number of methoxy groups -OCH3 is 1. The molecule has 2 aliphatic heterocycles. The van der Waals surface area contributed by atoms with E-state index in [0.717, 1.165) is 31.1 Å². The van der Waals surface area contributed by atoms with E-state index < -0.39 is 69.0 Å². The largest absolute Gasteiger partial charge is 0.497 e. The molecule has 1 aromatic carbocycles. The van der Waals surface area contributed by atoms with Crippen molar-refractivity contribution < 1.29 is 46.0 Å². The van der Waals surface area contributed by atoms with E-state index >= 15 is 0 Å². The zero-order valence-electron chi connectivity index (χ0n) is 31.1. The molecular formula is C37H51N5O10S. The molecule has 0 bridgehead atoms. The highest BCUT2D eigenvalue weighted by atomic mass is 32.2. The molecule has 3 N–H and O–H groups in total. The quantitative estimate of drug-likeness (QED) is 0.352. The summed E-state index contributed by atoms with van der Waals surface area (Å²) in [6.07, 6.45) is 6.40. The van der Waals surface area contributed by atoms with Crippen LogP contribution in [0.15, 0.2) is 30.5 Å². The molecule has 6 rings (SSSR count). The molecule has 3 heterocycles. The van der Waals surface area contributed by atoms with Crippen molar-refractivity contribution in [3.05, 3.63) is 30.5 Å². The van der Waals surface area contributed by atoms with E-state index in [-0.39, 0.29) is 25.3 Å². The van der Waals surface area contributed by atoms with Crippen molar-refractivity contribution in [3.63, 3.8) is 0 Å². The maximum Gasteiger partial charge on any atom is 0.408 e. The Kier molecular flexibility index (Phi) is 10.9. The minimum Gasteiger partial charge on any atom is -0.497 e. The first kappa shape index (κ1) is 38.5. The zero-order valence-corrected chi connectivity index (χ0v) is 31.9. The monoisotopic (exact) mass is 757 g/mol. The molecule has 4 fully saturated rings. The number of pyridine rings is 1. The van der Waals surface area contributed by atoms with Crippen molar-refractivity contribution in [2.75, 3.05) is 13.7 Å². The van der Waals surface area contributed by atoms with Crippen LogP contribution in [-0.2, 0) is 33.6 Å². The summed E-state index contributed by atoms with van der Waals surface area (Å²) in [4.78, 5) is 61.4. The normalized spacial score (nSPS) is 27.6. The van der Waals surface area contributed by atoms with E-state index in [1.165, 1.54) is 4.90 Å². The molecule has 15 nitrogen and oxygen atoms in total. The fourth-order valence-electron chi connectivity index (χ4n) is 7.28. The third kappa shape index (κ3) is 9.31. The number of rotatable bonds is 8. The van der Waals surface area contributed by atoms with E-state index in [2.05, 4.69) is 20.3 Å². The Labute approximate surface area is 310 Å². The number of ether oxygens (including phenoxy) is 3. The molecule has 1 aromatic heterocycles. The number of hydrogen-bond donors (Lipinski definition) is 3. The van der Waals surface area contributed by atoms with Gasteiger partial charge in [0.1, 0.15) is 35.1 Å². The Bertz CT molecular complexity index is 1840. The molecule has 4 aliphatic rings. The number of carbonyl (C=O) groups is 4. The molecule has 4 amide bonds. The summed E-state index contributed by atoms with van der Waals surface area (Å²) in [6.45, 7) is 6.82. The maximum atomic E-state index is 14.4. The Morgan fingerprint density at radius 2 is 1.75 bits per heavy atom. The van der Waals surface area contributed by atoms with Gasteiger partial charge in [-0.1, -0.05) is 32.1 Å². The first-order valence-corrected chi connectivity index (χ1v) is 19.9. The molecule has 2 saturated heterocycles.